The molecule has 5 aliphatic heterocycles. The summed E-state index contributed by atoms with van der Waals surface area (Å²) in [7, 11) is 3.20. The van der Waals surface area contributed by atoms with Crippen LogP contribution < -0.4 is 9.47 Å². The molecule has 51 heavy (non-hydrogen) atoms. The Morgan fingerprint density at radius 1 is 0.745 bits per heavy atom. The van der Waals surface area contributed by atoms with E-state index in [4.69, 9.17) is 43.4 Å². The summed E-state index contributed by atoms with van der Waals surface area (Å²) >= 11 is 0. The average Bonchev–Trinajstić information content (AvgIpc) is 3.89. The van der Waals surface area contributed by atoms with Gasteiger partial charge in [0.25, 0.3) is 0 Å². The van der Waals surface area contributed by atoms with E-state index in [1.165, 1.54) is 0 Å². The summed E-state index contributed by atoms with van der Waals surface area (Å²) in [5, 5.41) is 9.47. The van der Waals surface area contributed by atoms with Crippen LogP contribution in [0, 0.1) is 11.8 Å². The van der Waals surface area contributed by atoms with E-state index in [9.17, 15) is 14.7 Å². The lowest BCUT2D eigenvalue weighted by molar-refractivity contribution is -0.229. The summed E-state index contributed by atoms with van der Waals surface area (Å²) in [6, 6.07) is 14.9. The fourth-order valence-electron chi connectivity index (χ4n) is 6.96. The van der Waals surface area contributed by atoms with Crippen molar-refractivity contribution in [3.05, 3.63) is 59.7 Å². The molecule has 5 fully saturated rings. The van der Waals surface area contributed by atoms with Crippen LogP contribution in [0.1, 0.15) is 48.7 Å². The number of carbonyl (C=O) groups is 2. The van der Waals surface area contributed by atoms with Crippen molar-refractivity contribution in [1.82, 2.24) is 9.80 Å². The predicted molar refractivity (Wildman–Crippen MR) is 184 cm³/mol. The van der Waals surface area contributed by atoms with Gasteiger partial charge >= 0.3 is 5.97 Å². The minimum atomic E-state index is -2.05. The third-order valence-corrected chi connectivity index (χ3v) is 9.65. The molecule has 0 aliphatic carbocycles. The molecule has 2 aromatic rings. The van der Waals surface area contributed by atoms with E-state index in [-0.39, 0.29) is 51.5 Å². The Hall–Kier alpha value is -3.14. The number of ether oxygens (including phenoxy) is 8. The largest absolute Gasteiger partial charge is 0.497 e. The Morgan fingerprint density at radius 3 is 1.69 bits per heavy atom. The van der Waals surface area contributed by atoms with Crippen molar-refractivity contribution in [2.45, 2.75) is 63.1 Å². The summed E-state index contributed by atoms with van der Waals surface area (Å²) in [4.78, 5) is 27.9. The molecule has 0 aromatic heterocycles. The number of likely N-dealkylation sites (tertiary alicyclic amines) is 2. The van der Waals surface area contributed by atoms with E-state index in [1.54, 1.807) is 24.0 Å². The van der Waals surface area contributed by atoms with Crippen LogP contribution >= 0.6 is 0 Å². The van der Waals surface area contributed by atoms with Crippen LogP contribution in [0.25, 0.3) is 0 Å². The van der Waals surface area contributed by atoms with Crippen molar-refractivity contribution in [3.8, 4) is 11.5 Å². The first-order valence-electron chi connectivity index (χ1n) is 19.7. The fraction of sp³-hybridized carbons (Fsp3) is 0.632. The lowest BCUT2D eigenvalue weighted by Crippen LogP contribution is -2.57. The highest BCUT2D eigenvalue weighted by molar-refractivity contribution is 5.83. The number of carboxylic acid groups (broad SMARTS) is 1. The Kier molecular flexibility index (Phi) is 11.2. The zero-order valence-electron chi connectivity index (χ0n) is 33.4. The van der Waals surface area contributed by atoms with Crippen molar-refractivity contribution in [1.29, 1.82) is 0 Å². The van der Waals surface area contributed by atoms with Crippen molar-refractivity contribution in [2.24, 2.45) is 11.8 Å². The molecule has 0 amide bonds. The van der Waals surface area contributed by atoms with Gasteiger partial charge in [-0.05, 0) is 80.6 Å². The van der Waals surface area contributed by atoms with Crippen molar-refractivity contribution < 1.29 is 58.1 Å². The van der Waals surface area contributed by atoms with Gasteiger partial charge in [0.15, 0.2) is 23.6 Å². The van der Waals surface area contributed by atoms with Crippen molar-refractivity contribution in [3.63, 3.8) is 0 Å². The molecule has 0 bridgehead atoms. The van der Waals surface area contributed by atoms with Crippen molar-refractivity contribution >= 4 is 11.8 Å². The highest BCUT2D eigenvalue weighted by atomic mass is 16.7. The molecule has 1 N–H and O–H groups in total. The first-order chi connectivity index (χ1) is 26.4. The van der Waals surface area contributed by atoms with E-state index in [1.807, 2.05) is 48.5 Å². The van der Waals surface area contributed by atoms with Gasteiger partial charge in [-0.2, -0.15) is 0 Å². The predicted octanol–water partition coefficient (Wildman–Crippen LogP) is 3.72. The number of piperidine rings is 2. The standard InChI is InChI=1S/C22H31NO6.C16H21NO5/c1-25-18-7-5-17(6-8-18)14-23-10-9-19(22(16-23)28-12-13-29-22)20(24)15-27-21-4-2-3-11-26-21;1-20-13-4-2-12(3-5-13)10-17-7-6-14(15(18)19)16(11-17)21-8-9-22-16/h5-8,19,21H,2-4,9-16H2,1H3;2-5,14H,6-11H2,1H3,(H,18,19)/i16D2;11D2. The molecule has 5 heterocycles. The highest BCUT2D eigenvalue weighted by Gasteiger charge is 2.52. The summed E-state index contributed by atoms with van der Waals surface area (Å²) in [6.07, 6.45) is 3.12. The quantitative estimate of drug-likeness (QED) is 0.363. The number of aliphatic carboxylic acids is 1. The first kappa shape index (κ1) is 32.5. The molecule has 3 atom stereocenters. The molecule has 0 saturated carbocycles. The maximum Gasteiger partial charge on any atom is 0.312 e. The molecule has 3 unspecified atom stereocenters. The normalized spacial score (nSPS) is 29.2. The molecule has 13 nitrogen and oxygen atoms in total. The van der Waals surface area contributed by atoms with Crippen molar-refractivity contribution in [2.75, 3.05) is 79.9 Å². The molecule has 7 rings (SSSR count). The number of hydrogen-bond donors (Lipinski definition) is 1. The van der Waals surface area contributed by atoms with Crippen LogP contribution in [-0.2, 0) is 51.1 Å². The number of methoxy groups -OCH3 is 2. The zero-order chi connectivity index (χ0) is 39.3. The van der Waals surface area contributed by atoms with Crippen LogP contribution in [0.2, 0.25) is 0 Å². The van der Waals surface area contributed by atoms with E-state index < -0.39 is 42.4 Å². The molecule has 13 heteroatoms. The second-order valence-electron chi connectivity index (χ2n) is 13.1. The summed E-state index contributed by atoms with van der Waals surface area (Å²) in [5.41, 5.74) is 1.85. The van der Waals surface area contributed by atoms with E-state index in [0.29, 0.717) is 39.2 Å². The van der Waals surface area contributed by atoms with E-state index >= 15 is 0 Å². The molecule has 0 radical (unpaired) electrons. The lowest BCUT2D eigenvalue weighted by atomic mass is 9.86. The Bertz CT molecular complexity index is 1580. The van der Waals surface area contributed by atoms with Crippen LogP contribution in [0.3, 0.4) is 0 Å². The van der Waals surface area contributed by atoms with Crippen LogP contribution in [0.5, 0.6) is 11.5 Å². The maximum atomic E-state index is 13.1. The topological polar surface area (TPSA) is 135 Å². The van der Waals surface area contributed by atoms with Gasteiger partial charge in [0, 0.05) is 25.2 Å². The number of carbonyl (C=O) groups excluding carboxylic acids is 1. The third-order valence-electron chi connectivity index (χ3n) is 9.65. The van der Waals surface area contributed by atoms with Gasteiger partial charge in [0.1, 0.15) is 24.0 Å². The number of hydrogen-bond acceptors (Lipinski definition) is 12. The number of ketones is 1. The van der Waals surface area contributed by atoms with E-state index in [0.717, 1.165) is 41.9 Å². The zero-order valence-corrected chi connectivity index (χ0v) is 29.4. The fourth-order valence-corrected chi connectivity index (χ4v) is 6.96. The molecule has 2 spiro atoms. The SMILES string of the molecule is [2H]C1([2H])N(Cc2ccc(OC)cc2)CCC(C(=O)COC2CCCCO2)C12OCCO2.[2H]C1([2H])N(Cc2ccc(OC)cc2)CCC(C(=O)O)C12OCCO2. The number of nitrogens with zero attached hydrogens (tertiary/aromatic N) is 2. The van der Waals surface area contributed by atoms with Gasteiger partial charge in [0.2, 0.25) is 0 Å². The second-order valence-corrected chi connectivity index (χ2v) is 13.1. The van der Waals surface area contributed by atoms with Gasteiger partial charge in [-0.3, -0.25) is 19.4 Å². The van der Waals surface area contributed by atoms with Gasteiger partial charge in [0.05, 0.1) is 59.6 Å². The first-order valence-corrected chi connectivity index (χ1v) is 17.7. The van der Waals surface area contributed by atoms with Gasteiger partial charge < -0.3 is 43.0 Å². The number of rotatable bonds is 11. The smallest absolute Gasteiger partial charge is 0.312 e. The Balaban J connectivity index is 0.000000193. The summed E-state index contributed by atoms with van der Waals surface area (Å²) < 4.78 is 79.2. The van der Waals surface area contributed by atoms with Gasteiger partial charge in [-0.1, -0.05) is 24.3 Å². The summed E-state index contributed by atoms with van der Waals surface area (Å²) in [6.45, 7) is -1.20. The van der Waals surface area contributed by atoms with Gasteiger partial charge in [-0.25, -0.2) is 0 Å². The van der Waals surface area contributed by atoms with Gasteiger partial charge in [-0.15, -0.1) is 0 Å². The molecule has 280 valence electrons. The molecule has 5 aliphatic rings. The number of carboxylic acids is 1. The summed E-state index contributed by atoms with van der Waals surface area (Å²) in [5.74, 6) is -4.98. The molecular weight excluding hydrogens is 660 g/mol. The minimum absolute atomic E-state index is 0.127. The highest BCUT2D eigenvalue weighted by Crippen LogP contribution is 2.38. The van der Waals surface area contributed by atoms with Crippen LogP contribution in [0.15, 0.2) is 48.5 Å². The number of benzene rings is 2. The van der Waals surface area contributed by atoms with E-state index in [2.05, 4.69) is 0 Å². The Labute approximate surface area is 305 Å². The lowest BCUT2D eigenvalue weighted by Gasteiger charge is -2.43. The van der Waals surface area contributed by atoms with Crippen LogP contribution in [-0.4, -0.2) is 124 Å². The third kappa shape index (κ3) is 9.46. The molecule has 5 saturated heterocycles. The maximum absolute atomic E-state index is 13.1. The molecular formula is C38H52N2O11. The minimum Gasteiger partial charge on any atom is -0.497 e. The average molecular weight is 717 g/mol. The second kappa shape index (κ2) is 17.6. The Morgan fingerprint density at radius 2 is 1.24 bits per heavy atom. The number of Topliss-reactive ketones (excluding diaryl/α,β-unsaturated/α-hetero) is 1. The molecule has 2 aromatic carbocycles. The van der Waals surface area contributed by atoms with Crippen LogP contribution in [0.4, 0.5) is 0 Å². The monoisotopic (exact) mass is 716 g/mol.